The summed E-state index contributed by atoms with van der Waals surface area (Å²) in [5.74, 6) is 2.13. The lowest BCUT2D eigenvalue weighted by Gasteiger charge is -2.46. The van der Waals surface area contributed by atoms with Gasteiger partial charge in [0.05, 0.1) is 0 Å². The Morgan fingerprint density at radius 2 is 1.95 bits per heavy atom. The van der Waals surface area contributed by atoms with Crippen LogP contribution in [0.3, 0.4) is 0 Å². The first-order valence-corrected chi connectivity index (χ1v) is 8.47. The van der Waals surface area contributed by atoms with E-state index in [2.05, 4.69) is 38.1 Å². The zero-order valence-electron chi connectivity index (χ0n) is 13.1. The van der Waals surface area contributed by atoms with Gasteiger partial charge in [-0.05, 0) is 61.0 Å². The number of rotatable bonds is 2. The predicted molar refractivity (Wildman–Crippen MR) is 85.8 cm³/mol. The fraction of sp³-hybridized carbons (Fsp3) is 0.684. The van der Waals surface area contributed by atoms with Crippen LogP contribution in [0.25, 0.3) is 0 Å². The van der Waals surface area contributed by atoms with Gasteiger partial charge in [0, 0.05) is 5.54 Å². The Kier molecular flexibility index (Phi) is 3.90. The molecule has 20 heavy (non-hydrogen) atoms. The molecule has 0 amide bonds. The molecule has 110 valence electrons. The summed E-state index contributed by atoms with van der Waals surface area (Å²) in [6.45, 7) is 4.78. The highest BCUT2D eigenvalue weighted by atomic mass is 14.8. The summed E-state index contributed by atoms with van der Waals surface area (Å²) in [4.78, 5) is 0. The molecule has 1 fully saturated rings. The number of hydrogen-bond donors (Lipinski definition) is 1. The highest BCUT2D eigenvalue weighted by Crippen LogP contribution is 2.44. The number of aryl methyl sites for hydroxylation is 1. The largest absolute Gasteiger partial charge is 0.325 e. The summed E-state index contributed by atoms with van der Waals surface area (Å²) in [5, 5.41) is 0. The van der Waals surface area contributed by atoms with Crippen molar-refractivity contribution in [2.24, 2.45) is 17.6 Å². The predicted octanol–water partition coefficient (Wildman–Crippen LogP) is 4.65. The molecule has 1 aromatic rings. The minimum absolute atomic E-state index is 0.0623. The van der Waals surface area contributed by atoms with Gasteiger partial charge >= 0.3 is 0 Å². The smallest absolute Gasteiger partial charge is 0.0188 e. The van der Waals surface area contributed by atoms with Crippen molar-refractivity contribution >= 4 is 0 Å². The summed E-state index contributed by atoms with van der Waals surface area (Å²) >= 11 is 0. The second-order valence-electron chi connectivity index (χ2n) is 7.38. The maximum absolute atomic E-state index is 6.88. The molecule has 1 heteroatoms. The highest BCUT2D eigenvalue weighted by Gasteiger charge is 2.40. The van der Waals surface area contributed by atoms with E-state index in [1.54, 1.807) is 11.1 Å². The lowest BCUT2D eigenvalue weighted by Crippen LogP contribution is -2.51. The number of benzene rings is 1. The molecular formula is C19H29N. The maximum atomic E-state index is 6.88. The van der Waals surface area contributed by atoms with Crippen LogP contribution in [0.2, 0.25) is 0 Å². The number of nitrogens with two attached hydrogens (primary N) is 1. The van der Waals surface area contributed by atoms with Crippen molar-refractivity contribution < 1.29 is 0 Å². The van der Waals surface area contributed by atoms with E-state index in [0.29, 0.717) is 11.8 Å². The van der Waals surface area contributed by atoms with Crippen molar-refractivity contribution in [1.82, 2.24) is 0 Å². The zero-order valence-corrected chi connectivity index (χ0v) is 13.1. The van der Waals surface area contributed by atoms with Gasteiger partial charge in [-0.25, -0.2) is 0 Å². The third kappa shape index (κ3) is 2.53. The maximum Gasteiger partial charge on any atom is 0.0188 e. The molecule has 2 N–H and O–H groups in total. The van der Waals surface area contributed by atoms with E-state index in [0.717, 1.165) is 5.92 Å². The summed E-state index contributed by atoms with van der Waals surface area (Å²) < 4.78 is 0. The Hall–Kier alpha value is -0.820. The SMILES string of the molecule is CC1CCCC(N)(CC2CCCc3ccccc32)C1C. The van der Waals surface area contributed by atoms with Crippen LogP contribution >= 0.6 is 0 Å². The van der Waals surface area contributed by atoms with Crippen LogP contribution in [0.15, 0.2) is 24.3 Å². The summed E-state index contributed by atoms with van der Waals surface area (Å²) in [6, 6.07) is 9.05. The lowest BCUT2D eigenvalue weighted by atomic mass is 9.63. The Balaban J connectivity index is 1.81. The molecular weight excluding hydrogens is 242 g/mol. The van der Waals surface area contributed by atoms with Crippen molar-refractivity contribution in [1.29, 1.82) is 0 Å². The van der Waals surface area contributed by atoms with E-state index in [-0.39, 0.29) is 5.54 Å². The summed E-state index contributed by atoms with van der Waals surface area (Å²) in [7, 11) is 0. The molecule has 1 nitrogen and oxygen atoms in total. The van der Waals surface area contributed by atoms with E-state index in [9.17, 15) is 0 Å². The Morgan fingerprint density at radius 1 is 1.15 bits per heavy atom. The van der Waals surface area contributed by atoms with Gasteiger partial charge in [-0.2, -0.15) is 0 Å². The standard InChI is InChI=1S/C19H29N/c1-14-7-6-12-19(20,15(14)2)13-17-10-5-9-16-8-3-4-11-18(16)17/h3-4,8,11,14-15,17H,5-7,9-10,12-13,20H2,1-2H3. The molecule has 0 bridgehead atoms. The van der Waals surface area contributed by atoms with Gasteiger partial charge in [0.25, 0.3) is 0 Å². The molecule has 0 spiro atoms. The minimum atomic E-state index is 0.0623. The normalized spacial score (nSPS) is 37.5. The van der Waals surface area contributed by atoms with Crippen LogP contribution in [-0.2, 0) is 6.42 Å². The van der Waals surface area contributed by atoms with Gasteiger partial charge in [0.1, 0.15) is 0 Å². The molecule has 0 aliphatic heterocycles. The van der Waals surface area contributed by atoms with E-state index in [1.807, 2.05) is 0 Å². The average Bonchev–Trinajstić information content (AvgIpc) is 2.45. The summed E-state index contributed by atoms with van der Waals surface area (Å²) in [5.41, 5.74) is 10.1. The van der Waals surface area contributed by atoms with Gasteiger partial charge in [0.2, 0.25) is 0 Å². The van der Waals surface area contributed by atoms with Crippen LogP contribution < -0.4 is 5.73 Å². The minimum Gasteiger partial charge on any atom is -0.325 e. The molecule has 2 aliphatic rings. The average molecular weight is 271 g/mol. The van der Waals surface area contributed by atoms with Gasteiger partial charge in [-0.15, -0.1) is 0 Å². The van der Waals surface area contributed by atoms with Gasteiger partial charge in [-0.1, -0.05) is 51.0 Å². The van der Waals surface area contributed by atoms with E-state index < -0.39 is 0 Å². The quantitative estimate of drug-likeness (QED) is 0.832. The fourth-order valence-corrected chi connectivity index (χ4v) is 4.61. The molecule has 0 radical (unpaired) electrons. The molecule has 4 unspecified atom stereocenters. The number of fused-ring (bicyclic) bond motifs is 1. The van der Waals surface area contributed by atoms with Gasteiger partial charge in [-0.3, -0.25) is 0 Å². The molecule has 0 heterocycles. The first-order chi connectivity index (χ1) is 9.60. The molecule has 1 saturated carbocycles. The highest BCUT2D eigenvalue weighted by molar-refractivity contribution is 5.33. The Bertz CT molecular complexity index is 467. The van der Waals surface area contributed by atoms with Crippen LogP contribution in [0.5, 0.6) is 0 Å². The van der Waals surface area contributed by atoms with Crippen molar-refractivity contribution in [2.75, 3.05) is 0 Å². The van der Waals surface area contributed by atoms with Crippen LogP contribution in [0.1, 0.15) is 69.4 Å². The van der Waals surface area contributed by atoms with Crippen molar-refractivity contribution in [2.45, 2.75) is 70.3 Å². The molecule has 4 atom stereocenters. The van der Waals surface area contributed by atoms with E-state index >= 15 is 0 Å². The van der Waals surface area contributed by atoms with Crippen LogP contribution in [0, 0.1) is 11.8 Å². The van der Waals surface area contributed by atoms with Crippen molar-refractivity contribution in [3.63, 3.8) is 0 Å². The molecule has 3 rings (SSSR count). The first-order valence-electron chi connectivity index (χ1n) is 8.47. The lowest BCUT2D eigenvalue weighted by molar-refractivity contribution is 0.124. The second-order valence-corrected chi connectivity index (χ2v) is 7.38. The van der Waals surface area contributed by atoms with E-state index in [1.165, 1.54) is 44.9 Å². The third-order valence-corrected chi connectivity index (χ3v) is 6.18. The van der Waals surface area contributed by atoms with Crippen LogP contribution in [0.4, 0.5) is 0 Å². The van der Waals surface area contributed by atoms with E-state index in [4.69, 9.17) is 5.73 Å². The van der Waals surface area contributed by atoms with Crippen LogP contribution in [-0.4, -0.2) is 5.54 Å². The topological polar surface area (TPSA) is 26.0 Å². The molecule has 1 aromatic carbocycles. The molecule has 0 aromatic heterocycles. The Labute approximate surface area is 124 Å². The molecule has 2 aliphatic carbocycles. The monoisotopic (exact) mass is 271 g/mol. The fourth-order valence-electron chi connectivity index (χ4n) is 4.61. The summed E-state index contributed by atoms with van der Waals surface area (Å²) in [6.07, 6.45) is 9.01. The Morgan fingerprint density at radius 3 is 2.80 bits per heavy atom. The zero-order chi connectivity index (χ0) is 14.2. The van der Waals surface area contributed by atoms with Gasteiger partial charge in [0.15, 0.2) is 0 Å². The first kappa shape index (κ1) is 14.1. The van der Waals surface area contributed by atoms with Crippen molar-refractivity contribution in [3.05, 3.63) is 35.4 Å². The number of hydrogen-bond acceptors (Lipinski definition) is 1. The van der Waals surface area contributed by atoms with Gasteiger partial charge < -0.3 is 5.73 Å². The molecule has 0 saturated heterocycles. The second kappa shape index (κ2) is 5.52. The van der Waals surface area contributed by atoms with Crippen molar-refractivity contribution in [3.8, 4) is 0 Å². The third-order valence-electron chi connectivity index (χ3n) is 6.18.